The number of hydrogen-bond donors (Lipinski definition) is 2. The average Bonchev–Trinajstić information content (AvgIpc) is 2.26. The van der Waals surface area contributed by atoms with E-state index in [-0.39, 0.29) is 0 Å². The van der Waals surface area contributed by atoms with E-state index in [1.807, 2.05) is 6.07 Å². The molecule has 0 saturated carbocycles. The van der Waals surface area contributed by atoms with Crippen LogP contribution in [0.4, 0.5) is 0 Å². The number of hydrogen-bond acceptors (Lipinski definition) is 1. The predicted octanol–water partition coefficient (Wildman–Crippen LogP) is 1.13. The number of aliphatic hydroxyl groups is 1. The third-order valence-corrected chi connectivity index (χ3v) is 4.42. The molecule has 2 N–H and O–H groups in total. The molecule has 1 aliphatic heterocycles. The van der Waals surface area contributed by atoms with E-state index in [1.54, 1.807) is 0 Å². The molecule has 0 amide bonds. The van der Waals surface area contributed by atoms with Gasteiger partial charge in [0, 0.05) is 12.3 Å². The summed E-state index contributed by atoms with van der Waals surface area (Å²) in [6.07, 6.45) is 0.851. The molecule has 0 aliphatic carbocycles. The van der Waals surface area contributed by atoms with Crippen LogP contribution in [-0.4, -0.2) is 24.7 Å². The van der Waals surface area contributed by atoms with Gasteiger partial charge in [0.2, 0.25) is 0 Å². The number of nitrogens with one attached hydrogen (secondary N) is 1. The molecule has 2 nitrogen and oxygen atoms in total. The van der Waals surface area contributed by atoms with Crippen molar-refractivity contribution in [3.8, 4) is 0 Å². The summed E-state index contributed by atoms with van der Waals surface area (Å²) in [5.74, 6) is 0.306. The molecule has 17 heavy (non-hydrogen) atoms. The molecule has 0 spiro atoms. The van der Waals surface area contributed by atoms with Gasteiger partial charge in [-0.1, -0.05) is 36.8 Å². The maximum atomic E-state index is 11.0. The third-order valence-electron chi connectivity index (χ3n) is 4.42. The maximum Gasteiger partial charge on any atom is 0.103 e. The lowest BCUT2D eigenvalue weighted by molar-refractivity contribution is -0.916. The molecule has 94 valence electrons. The first-order chi connectivity index (χ1) is 7.93. The van der Waals surface area contributed by atoms with Crippen LogP contribution in [-0.2, 0) is 5.60 Å². The van der Waals surface area contributed by atoms with Crippen LogP contribution in [0.2, 0.25) is 0 Å². The third kappa shape index (κ3) is 2.24. The van der Waals surface area contributed by atoms with Gasteiger partial charge < -0.3 is 10.0 Å². The highest BCUT2D eigenvalue weighted by atomic mass is 16.3. The molecule has 1 unspecified atom stereocenters. The van der Waals surface area contributed by atoms with Crippen molar-refractivity contribution >= 4 is 0 Å². The Labute approximate surface area is 104 Å². The smallest absolute Gasteiger partial charge is 0.103 e. The van der Waals surface area contributed by atoms with Crippen LogP contribution in [0, 0.1) is 12.8 Å². The number of quaternary nitrogens is 1. The molecule has 0 bridgehead atoms. The Bertz CT molecular complexity index is 404. The Balaban J connectivity index is 2.35. The topological polar surface area (TPSA) is 24.7 Å². The molecule has 1 aromatic carbocycles. The summed E-state index contributed by atoms with van der Waals surface area (Å²) in [5, 5.41) is 11.0. The van der Waals surface area contributed by atoms with Crippen molar-refractivity contribution in [1.29, 1.82) is 0 Å². The summed E-state index contributed by atoms with van der Waals surface area (Å²) in [6, 6.07) is 8.84. The number of likely N-dealkylation sites (tertiary alicyclic amines) is 1. The van der Waals surface area contributed by atoms with E-state index < -0.39 is 5.60 Å². The first kappa shape index (κ1) is 12.6. The van der Waals surface area contributed by atoms with Crippen molar-refractivity contribution < 1.29 is 10.0 Å². The van der Waals surface area contributed by atoms with Crippen LogP contribution in [0.25, 0.3) is 0 Å². The van der Waals surface area contributed by atoms with Gasteiger partial charge in [0.25, 0.3) is 0 Å². The molecule has 2 heteroatoms. The van der Waals surface area contributed by atoms with Crippen LogP contribution in [0.5, 0.6) is 0 Å². The second-order valence-electron chi connectivity index (χ2n) is 5.85. The summed E-state index contributed by atoms with van der Waals surface area (Å²) >= 11 is 0. The zero-order valence-electron chi connectivity index (χ0n) is 11.3. The largest absolute Gasteiger partial charge is 0.384 e. The fourth-order valence-corrected chi connectivity index (χ4v) is 3.01. The summed E-state index contributed by atoms with van der Waals surface area (Å²) in [6.45, 7) is 7.51. The monoisotopic (exact) mass is 234 g/mol. The van der Waals surface area contributed by atoms with Gasteiger partial charge in [0.05, 0.1) is 19.6 Å². The van der Waals surface area contributed by atoms with Crippen molar-refractivity contribution in [3.05, 3.63) is 35.4 Å². The summed E-state index contributed by atoms with van der Waals surface area (Å²) in [4.78, 5) is 1.52. The highest BCUT2D eigenvalue weighted by Crippen LogP contribution is 2.35. The summed E-state index contributed by atoms with van der Waals surface area (Å²) in [5.41, 5.74) is 1.66. The van der Waals surface area contributed by atoms with Crippen LogP contribution in [0.15, 0.2) is 24.3 Å². The molecule has 1 fully saturated rings. The number of rotatable bonds is 1. The molecule has 1 aliphatic rings. The second-order valence-corrected chi connectivity index (χ2v) is 5.85. The van der Waals surface area contributed by atoms with Crippen molar-refractivity contribution in [2.45, 2.75) is 38.8 Å². The fraction of sp³-hybridized carbons (Fsp3) is 0.600. The minimum atomic E-state index is -0.648. The first-order valence-corrected chi connectivity index (χ1v) is 6.55. The molecule has 0 radical (unpaired) electrons. The molecule has 4 atom stereocenters. The zero-order chi connectivity index (χ0) is 12.6. The molecule has 1 heterocycles. The predicted molar refractivity (Wildman–Crippen MR) is 70.1 cm³/mol. The van der Waals surface area contributed by atoms with Crippen LogP contribution < -0.4 is 4.90 Å². The van der Waals surface area contributed by atoms with E-state index in [4.69, 9.17) is 0 Å². The van der Waals surface area contributed by atoms with Crippen molar-refractivity contribution in [3.63, 3.8) is 0 Å². The summed E-state index contributed by atoms with van der Waals surface area (Å²) in [7, 11) is 2.22. The number of benzene rings is 1. The average molecular weight is 234 g/mol. The highest BCUT2D eigenvalue weighted by Gasteiger charge is 2.44. The van der Waals surface area contributed by atoms with Gasteiger partial charge in [-0.3, -0.25) is 0 Å². The zero-order valence-corrected chi connectivity index (χ0v) is 11.3. The minimum absolute atomic E-state index is 0.306. The van der Waals surface area contributed by atoms with E-state index in [0.717, 1.165) is 18.5 Å². The van der Waals surface area contributed by atoms with Gasteiger partial charge in [-0.2, -0.15) is 0 Å². The van der Waals surface area contributed by atoms with E-state index >= 15 is 0 Å². The molecular weight excluding hydrogens is 210 g/mol. The SMILES string of the molecule is Cc1cccc([C@]2(O)C[C@@H](C)[NH+](C)C[C@@H]2C)c1. The van der Waals surface area contributed by atoms with Crippen molar-refractivity contribution in [2.24, 2.45) is 5.92 Å². The number of piperidine rings is 1. The van der Waals surface area contributed by atoms with Crippen molar-refractivity contribution in [1.82, 2.24) is 0 Å². The van der Waals surface area contributed by atoms with Gasteiger partial charge in [-0.15, -0.1) is 0 Å². The Morgan fingerprint density at radius 2 is 2.06 bits per heavy atom. The maximum absolute atomic E-state index is 11.0. The fourth-order valence-electron chi connectivity index (χ4n) is 3.01. The van der Waals surface area contributed by atoms with Crippen LogP contribution in [0.1, 0.15) is 31.4 Å². The van der Waals surface area contributed by atoms with E-state index in [9.17, 15) is 5.11 Å². The lowest BCUT2D eigenvalue weighted by Gasteiger charge is -2.43. The quantitative estimate of drug-likeness (QED) is 0.748. The first-order valence-electron chi connectivity index (χ1n) is 6.55. The van der Waals surface area contributed by atoms with E-state index in [1.165, 1.54) is 10.5 Å². The lowest BCUT2D eigenvalue weighted by Crippen LogP contribution is -3.15. The van der Waals surface area contributed by atoms with Gasteiger partial charge in [0.1, 0.15) is 5.60 Å². The normalized spacial score (nSPS) is 38.1. The lowest BCUT2D eigenvalue weighted by atomic mass is 9.74. The molecule has 1 saturated heterocycles. The van der Waals surface area contributed by atoms with Crippen molar-refractivity contribution in [2.75, 3.05) is 13.6 Å². The van der Waals surface area contributed by atoms with Gasteiger partial charge in [-0.25, -0.2) is 0 Å². The van der Waals surface area contributed by atoms with Gasteiger partial charge in [0.15, 0.2) is 0 Å². The van der Waals surface area contributed by atoms with Crippen LogP contribution >= 0.6 is 0 Å². The Morgan fingerprint density at radius 1 is 1.35 bits per heavy atom. The molecule has 0 aromatic heterocycles. The molecular formula is C15H24NO+. The van der Waals surface area contributed by atoms with E-state index in [2.05, 4.69) is 46.0 Å². The van der Waals surface area contributed by atoms with Crippen LogP contribution in [0.3, 0.4) is 0 Å². The van der Waals surface area contributed by atoms with E-state index in [0.29, 0.717) is 12.0 Å². The molecule has 1 aromatic rings. The second kappa shape index (κ2) is 4.43. The Hall–Kier alpha value is -0.860. The number of aryl methyl sites for hydroxylation is 1. The minimum Gasteiger partial charge on any atom is -0.384 e. The Morgan fingerprint density at radius 3 is 2.71 bits per heavy atom. The van der Waals surface area contributed by atoms with Gasteiger partial charge >= 0.3 is 0 Å². The standard InChI is InChI=1S/C15H23NO/c1-11-6-5-7-14(8-11)15(17)9-13(3)16(4)10-12(15)2/h5-8,12-13,17H,9-10H2,1-4H3/p+1/t12-,13+,15-/m0/s1. The van der Waals surface area contributed by atoms with Gasteiger partial charge in [-0.05, 0) is 19.4 Å². The Kier molecular flexibility index (Phi) is 3.28. The summed E-state index contributed by atoms with van der Waals surface area (Å²) < 4.78 is 0. The highest BCUT2D eigenvalue weighted by molar-refractivity contribution is 5.28. The molecule has 2 rings (SSSR count).